The van der Waals surface area contributed by atoms with Gasteiger partial charge in [-0.1, -0.05) is 0 Å². The number of alkyl halides is 3. The first kappa shape index (κ1) is 20.5. The summed E-state index contributed by atoms with van der Waals surface area (Å²) >= 11 is 0. The van der Waals surface area contributed by atoms with Crippen molar-refractivity contribution >= 4 is 6.03 Å². The summed E-state index contributed by atoms with van der Waals surface area (Å²) in [5.41, 5.74) is 0.506. The van der Waals surface area contributed by atoms with Crippen molar-refractivity contribution in [2.45, 2.75) is 69.0 Å². The zero-order chi connectivity index (χ0) is 22.6. The summed E-state index contributed by atoms with van der Waals surface area (Å²) in [6.07, 6.45) is 1.99. The average molecular weight is 465 g/mol. The highest BCUT2D eigenvalue weighted by atomic mass is 19.4. The number of hydrogen-bond donors (Lipinski definition) is 1. The summed E-state index contributed by atoms with van der Waals surface area (Å²) in [6, 6.07) is 0.588. The van der Waals surface area contributed by atoms with E-state index in [1.807, 2.05) is 9.80 Å². The fraction of sp³-hybridized carbons (Fsp3) is 0.870. The Morgan fingerprint density at radius 3 is 2.00 bits per heavy atom. The SMILES string of the molecule is O=C(N1CC2(CC(c3nnc(C4CC4)[nH]3)C2)C1)N1CC2(CC(N3CC(CC(F)(F)F)C3)C2)C1. The lowest BCUT2D eigenvalue weighted by Gasteiger charge is -2.65. The van der Waals surface area contributed by atoms with Crippen molar-refractivity contribution in [3.63, 3.8) is 0 Å². The molecule has 7 nitrogen and oxygen atoms in total. The molecule has 6 fully saturated rings. The van der Waals surface area contributed by atoms with Gasteiger partial charge in [0.15, 0.2) is 0 Å². The van der Waals surface area contributed by atoms with Gasteiger partial charge in [-0.3, -0.25) is 4.90 Å². The van der Waals surface area contributed by atoms with E-state index in [2.05, 4.69) is 20.1 Å². The Kier molecular flexibility index (Phi) is 4.13. The van der Waals surface area contributed by atoms with E-state index in [0.29, 0.717) is 31.0 Å². The summed E-state index contributed by atoms with van der Waals surface area (Å²) in [6.45, 7) is 4.50. The van der Waals surface area contributed by atoms with Crippen molar-refractivity contribution < 1.29 is 18.0 Å². The number of urea groups is 1. The monoisotopic (exact) mass is 464 g/mol. The highest BCUT2D eigenvalue weighted by Crippen LogP contribution is 2.57. The molecule has 0 radical (unpaired) electrons. The Labute approximate surface area is 191 Å². The Morgan fingerprint density at radius 1 is 0.909 bits per heavy atom. The molecule has 1 aromatic heterocycles. The first-order valence-electron chi connectivity index (χ1n) is 12.5. The van der Waals surface area contributed by atoms with Crippen molar-refractivity contribution in [3.05, 3.63) is 11.6 Å². The molecule has 3 aliphatic heterocycles. The largest absolute Gasteiger partial charge is 0.389 e. The van der Waals surface area contributed by atoms with Crippen molar-refractivity contribution in [1.82, 2.24) is 29.9 Å². The maximum atomic E-state index is 12.9. The molecule has 3 saturated heterocycles. The van der Waals surface area contributed by atoms with Crippen LogP contribution in [0.4, 0.5) is 18.0 Å². The van der Waals surface area contributed by atoms with Crippen LogP contribution in [0.1, 0.15) is 68.4 Å². The minimum Gasteiger partial charge on any atom is -0.328 e. The van der Waals surface area contributed by atoms with Crippen LogP contribution in [-0.4, -0.2) is 87.4 Å². The number of aromatic nitrogens is 3. The average Bonchev–Trinajstić information content (AvgIpc) is 3.32. The number of nitrogens with zero attached hydrogens (tertiary/aromatic N) is 5. The number of carbonyl (C=O) groups is 1. The standard InChI is InChI=1S/C23H31F3N6O/c24-23(25,26)3-14-8-30(9-14)17-6-22(7-17)12-32(13-22)20(33)31-10-21(11-31)4-16(5-21)19-27-18(28-29-19)15-1-2-15/h14-17H,1-13H2,(H,27,28,29). The lowest BCUT2D eigenvalue weighted by Crippen LogP contribution is -2.73. The maximum absolute atomic E-state index is 12.9. The van der Waals surface area contributed by atoms with Crippen molar-refractivity contribution in [2.75, 3.05) is 39.3 Å². The van der Waals surface area contributed by atoms with Crippen LogP contribution in [0.2, 0.25) is 0 Å². The van der Waals surface area contributed by atoms with E-state index in [1.54, 1.807) is 0 Å². The van der Waals surface area contributed by atoms with Gasteiger partial charge in [-0.25, -0.2) is 4.79 Å². The Bertz CT molecular complexity index is 940. The molecular formula is C23H31F3N6O. The summed E-state index contributed by atoms with van der Waals surface area (Å²) in [4.78, 5) is 22.5. The Morgan fingerprint density at radius 2 is 1.45 bits per heavy atom. The highest BCUT2D eigenvalue weighted by molar-refractivity contribution is 5.77. The van der Waals surface area contributed by atoms with Gasteiger partial charge < -0.3 is 14.8 Å². The van der Waals surface area contributed by atoms with Gasteiger partial charge in [0.2, 0.25) is 0 Å². The molecule has 10 heteroatoms. The minimum absolute atomic E-state index is 0.169. The molecule has 1 N–H and O–H groups in total. The normalized spacial score (nSPS) is 29.4. The predicted octanol–water partition coefficient (Wildman–Crippen LogP) is 3.33. The summed E-state index contributed by atoms with van der Waals surface area (Å²) < 4.78 is 37.5. The van der Waals surface area contributed by atoms with Crippen LogP contribution >= 0.6 is 0 Å². The number of nitrogens with one attached hydrogen (secondary N) is 1. The van der Waals surface area contributed by atoms with Crippen molar-refractivity contribution in [2.24, 2.45) is 16.7 Å². The lowest BCUT2D eigenvalue weighted by molar-refractivity contribution is -0.170. The number of likely N-dealkylation sites (tertiary alicyclic amines) is 3. The molecule has 33 heavy (non-hydrogen) atoms. The molecule has 2 spiro atoms. The smallest absolute Gasteiger partial charge is 0.328 e. The Hall–Kier alpha value is -1.84. The second-order valence-corrected chi connectivity index (χ2v) is 12.2. The second kappa shape index (κ2) is 6.64. The number of amides is 2. The molecule has 4 heterocycles. The summed E-state index contributed by atoms with van der Waals surface area (Å²) in [5.74, 6) is 2.91. The van der Waals surface area contributed by atoms with E-state index in [1.165, 1.54) is 12.8 Å². The van der Waals surface area contributed by atoms with Crippen LogP contribution in [-0.2, 0) is 0 Å². The number of rotatable bonds is 4. The fourth-order valence-electron chi connectivity index (χ4n) is 7.27. The number of H-pyrrole nitrogens is 1. The van der Waals surface area contributed by atoms with E-state index in [9.17, 15) is 18.0 Å². The zero-order valence-corrected chi connectivity index (χ0v) is 18.8. The van der Waals surface area contributed by atoms with Gasteiger partial charge in [0.05, 0.1) is 0 Å². The third-order valence-corrected chi connectivity index (χ3v) is 9.24. The third kappa shape index (κ3) is 3.46. The van der Waals surface area contributed by atoms with Gasteiger partial charge >= 0.3 is 12.2 Å². The van der Waals surface area contributed by atoms with Crippen LogP contribution in [0.25, 0.3) is 0 Å². The van der Waals surface area contributed by atoms with Crippen LogP contribution in [0.5, 0.6) is 0 Å². The van der Waals surface area contributed by atoms with E-state index < -0.39 is 12.6 Å². The Balaban J connectivity index is 0.822. The van der Waals surface area contributed by atoms with Crippen LogP contribution in [0.15, 0.2) is 0 Å². The molecule has 3 saturated carbocycles. The molecule has 6 aliphatic rings. The van der Waals surface area contributed by atoms with Gasteiger partial charge in [-0.15, -0.1) is 10.2 Å². The molecule has 7 rings (SSSR count). The van der Waals surface area contributed by atoms with Crippen LogP contribution in [0.3, 0.4) is 0 Å². The first-order chi connectivity index (χ1) is 15.7. The van der Waals surface area contributed by atoms with Gasteiger partial charge in [0.25, 0.3) is 0 Å². The van der Waals surface area contributed by atoms with Crippen molar-refractivity contribution in [1.29, 1.82) is 0 Å². The number of carbonyl (C=O) groups excluding carboxylic acids is 1. The van der Waals surface area contributed by atoms with Crippen molar-refractivity contribution in [3.8, 4) is 0 Å². The van der Waals surface area contributed by atoms with E-state index in [-0.39, 0.29) is 22.8 Å². The molecule has 2 amide bonds. The van der Waals surface area contributed by atoms with E-state index in [0.717, 1.165) is 63.5 Å². The summed E-state index contributed by atoms with van der Waals surface area (Å²) in [5, 5.41) is 8.66. The van der Waals surface area contributed by atoms with E-state index in [4.69, 9.17) is 0 Å². The molecule has 0 aromatic carbocycles. The van der Waals surface area contributed by atoms with Gasteiger partial charge in [-0.2, -0.15) is 13.2 Å². The van der Waals surface area contributed by atoms with Crippen LogP contribution < -0.4 is 0 Å². The topological polar surface area (TPSA) is 68.4 Å². The molecule has 1 aromatic rings. The minimum atomic E-state index is -4.04. The highest BCUT2D eigenvalue weighted by Gasteiger charge is 2.60. The molecular weight excluding hydrogens is 433 g/mol. The first-order valence-corrected chi connectivity index (χ1v) is 12.5. The maximum Gasteiger partial charge on any atom is 0.389 e. The van der Waals surface area contributed by atoms with Crippen LogP contribution in [0, 0.1) is 16.7 Å². The third-order valence-electron chi connectivity index (χ3n) is 9.24. The van der Waals surface area contributed by atoms with E-state index >= 15 is 0 Å². The fourth-order valence-corrected chi connectivity index (χ4v) is 7.27. The number of hydrogen-bond acceptors (Lipinski definition) is 4. The predicted molar refractivity (Wildman–Crippen MR) is 112 cm³/mol. The molecule has 0 bridgehead atoms. The van der Waals surface area contributed by atoms with Gasteiger partial charge in [-0.05, 0) is 44.4 Å². The van der Waals surface area contributed by atoms with Gasteiger partial charge in [0, 0.05) is 74.4 Å². The molecule has 0 unspecified atom stereocenters. The number of aromatic amines is 1. The lowest BCUT2D eigenvalue weighted by atomic mass is 9.57. The molecule has 180 valence electrons. The van der Waals surface area contributed by atoms with Gasteiger partial charge in [0.1, 0.15) is 11.6 Å². The zero-order valence-electron chi connectivity index (χ0n) is 18.8. The summed E-state index contributed by atoms with van der Waals surface area (Å²) in [7, 11) is 0. The second-order valence-electron chi connectivity index (χ2n) is 12.2. The molecule has 3 aliphatic carbocycles. The number of halogens is 3. The molecule has 0 atom stereocenters. The quantitative estimate of drug-likeness (QED) is 0.742.